The first-order chi connectivity index (χ1) is 12.4. The fourth-order valence-corrected chi connectivity index (χ4v) is 4.12. The summed E-state index contributed by atoms with van der Waals surface area (Å²) < 4.78 is 0. The molecule has 0 saturated heterocycles. The summed E-state index contributed by atoms with van der Waals surface area (Å²) in [5.74, 6) is 0. The van der Waals surface area contributed by atoms with E-state index in [2.05, 4.69) is 121 Å². The molecule has 0 amide bonds. The number of hydrogen-bond acceptors (Lipinski definition) is 0. The predicted molar refractivity (Wildman–Crippen MR) is 117 cm³/mol. The van der Waals surface area contributed by atoms with Crippen LogP contribution in [0.15, 0.2) is 121 Å². The molecule has 0 N–H and O–H groups in total. The van der Waals surface area contributed by atoms with Gasteiger partial charge in [-0.3, -0.25) is 0 Å². The number of rotatable bonds is 4. The van der Waals surface area contributed by atoms with Crippen LogP contribution in [-0.4, -0.2) is 35.7 Å². The summed E-state index contributed by atoms with van der Waals surface area (Å²) in [7, 11) is 0. The van der Waals surface area contributed by atoms with Crippen molar-refractivity contribution in [3.05, 3.63) is 121 Å². The van der Waals surface area contributed by atoms with Crippen LogP contribution in [0.4, 0.5) is 0 Å². The van der Waals surface area contributed by atoms with Gasteiger partial charge in [-0.2, -0.15) is 21.9 Å². The largest absolute Gasteiger partial charge is 0.195 e. The Labute approximate surface area is 178 Å². The molecule has 0 atom stereocenters. The molecular formula is C24H21BNa-. The minimum Gasteiger partial charge on any atom is -0.195 e. The third kappa shape index (κ3) is 3.31. The van der Waals surface area contributed by atoms with Crippen LogP contribution in [0.2, 0.25) is 0 Å². The molecule has 0 fully saturated rings. The van der Waals surface area contributed by atoms with Crippen LogP contribution in [-0.2, 0) is 0 Å². The number of benzene rings is 4. The van der Waals surface area contributed by atoms with Gasteiger partial charge in [0.25, 0.3) is 0 Å². The van der Waals surface area contributed by atoms with Crippen LogP contribution < -0.4 is 21.9 Å². The Bertz CT molecular complexity index is 759. The summed E-state index contributed by atoms with van der Waals surface area (Å²) in [6.45, 7) is 0. The molecule has 0 nitrogen and oxygen atoms in total. The zero-order chi connectivity index (χ0) is 17.0. The first-order valence-corrected chi connectivity index (χ1v) is 8.80. The van der Waals surface area contributed by atoms with Gasteiger partial charge >= 0.3 is 29.6 Å². The van der Waals surface area contributed by atoms with E-state index in [0.29, 0.717) is 0 Å². The van der Waals surface area contributed by atoms with Gasteiger partial charge < -0.3 is 0 Å². The van der Waals surface area contributed by atoms with Crippen LogP contribution in [0.25, 0.3) is 0 Å². The molecule has 0 heterocycles. The van der Waals surface area contributed by atoms with E-state index in [1.165, 1.54) is 21.9 Å². The molecular weight excluding hydrogens is 322 g/mol. The Morgan fingerprint density at radius 3 is 0.692 bits per heavy atom. The second-order valence-corrected chi connectivity index (χ2v) is 6.51. The smallest absolute Gasteiger partial charge is 0.108 e. The van der Waals surface area contributed by atoms with Gasteiger partial charge in [0.15, 0.2) is 0 Å². The van der Waals surface area contributed by atoms with Crippen molar-refractivity contribution in [1.29, 1.82) is 0 Å². The molecule has 0 aliphatic carbocycles. The monoisotopic (exact) mass is 343 g/mol. The maximum atomic E-state index is 2.26. The van der Waals surface area contributed by atoms with Gasteiger partial charge in [0.05, 0.1) is 0 Å². The molecule has 4 aromatic rings. The molecule has 0 radical (unpaired) electrons. The Kier molecular flexibility index (Phi) is 6.16. The molecule has 4 aromatic carbocycles. The minimum absolute atomic E-state index is 0. The van der Waals surface area contributed by atoms with Gasteiger partial charge in [-0.05, 0) is 0 Å². The van der Waals surface area contributed by atoms with Crippen molar-refractivity contribution in [3.8, 4) is 0 Å². The van der Waals surface area contributed by atoms with E-state index in [1.54, 1.807) is 0 Å². The van der Waals surface area contributed by atoms with Crippen molar-refractivity contribution in [2.24, 2.45) is 0 Å². The van der Waals surface area contributed by atoms with Crippen molar-refractivity contribution in [2.45, 2.75) is 0 Å². The van der Waals surface area contributed by atoms with Crippen molar-refractivity contribution in [2.75, 3.05) is 0 Å². The maximum absolute atomic E-state index is 2.26. The summed E-state index contributed by atoms with van der Waals surface area (Å²) in [5, 5.41) is 0. The fraction of sp³-hybridized carbons (Fsp3) is 0. The first kappa shape index (κ1) is 18.7. The molecule has 2 heteroatoms. The zero-order valence-corrected chi connectivity index (χ0v) is 14.1. The summed E-state index contributed by atoms with van der Waals surface area (Å²) in [4.78, 5) is 0. The topological polar surface area (TPSA) is 0 Å². The van der Waals surface area contributed by atoms with Crippen LogP contribution in [0.3, 0.4) is 0 Å². The van der Waals surface area contributed by atoms with E-state index in [0.717, 1.165) is 0 Å². The quantitative estimate of drug-likeness (QED) is 0.499. The summed E-state index contributed by atoms with van der Waals surface area (Å²) >= 11 is 0. The molecule has 0 unspecified atom stereocenters. The molecule has 0 aromatic heterocycles. The Morgan fingerprint density at radius 2 is 0.500 bits per heavy atom. The summed E-state index contributed by atoms with van der Waals surface area (Å²) in [6, 6.07) is 43.5. The summed E-state index contributed by atoms with van der Waals surface area (Å²) in [6.07, 6.45) is -1.22. The Hall–Kier alpha value is -2.06. The fourth-order valence-electron chi connectivity index (χ4n) is 4.12. The van der Waals surface area contributed by atoms with E-state index < -0.39 is 6.15 Å². The Balaban J connectivity index is 0.00000196. The molecule has 0 bridgehead atoms. The third-order valence-corrected chi connectivity index (χ3v) is 5.20. The third-order valence-electron chi connectivity index (χ3n) is 5.20. The molecule has 0 saturated carbocycles. The predicted octanol–water partition coefficient (Wildman–Crippen LogP) is 2.42. The van der Waals surface area contributed by atoms with Crippen LogP contribution >= 0.6 is 0 Å². The normalized spacial score (nSPS) is 10.8. The average molecular weight is 343 g/mol. The first-order valence-electron chi connectivity index (χ1n) is 8.80. The standard InChI is InChI=1S/C24H20B.Na.H/c1-5-13-21(14-6-1)25(22-15-7-2-8-16-22,23-17-9-3-10-18-23)24-19-11-4-12-20-24;;/h1-20H;;/q-1;;. The van der Waals surface area contributed by atoms with E-state index in [4.69, 9.17) is 0 Å². The SMILES string of the molecule is [NaH].c1ccc([B-](c2ccccc2)(c2ccccc2)c2ccccc2)cc1. The average Bonchev–Trinajstić information content (AvgIpc) is 2.72. The van der Waals surface area contributed by atoms with Crippen LogP contribution in [0.1, 0.15) is 0 Å². The van der Waals surface area contributed by atoms with Gasteiger partial charge in [-0.25, -0.2) is 0 Å². The summed E-state index contributed by atoms with van der Waals surface area (Å²) in [5.41, 5.74) is 5.36. The van der Waals surface area contributed by atoms with Gasteiger partial charge in [0, 0.05) is 0 Å². The van der Waals surface area contributed by atoms with Gasteiger partial charge in [-0.15, -0.1) is 0 Å². The van der Waals surface area contributed by atoms with Crippen molar-refractivity contribution in [3.63, 3.8) is 0 Å². The molecule has 122 valence electrons. The van der Waals surface area contributed by atoms with Crippen molar-refractivity contribution >= 4 is 57.6 Å². The van der Waals surface area contributed by atoms with Gasteiger partial charge in [0.2, 0.25) is 0 Å². The molecule has 0 aliphatic rings. The molecule has 0 spiro atoms. The van der Waals surface area contributed by atoms with Crippen LogP contribution in [0, 0.1) is 0 Å². The molecule has 26 heavy (non-hydrogen) atoms. The number of hydrogen-bond donors (Lipinski definition) is 0. The van der Waals surface area contributed by atoms with Gasteiger partial charge in [0.1, 0.15) is 6.15 Å². The molecule has 0 aliphatic heterocycles. The van der Waals surface area contributed by atoms with Crippen molar-refractivity contribution < 1.29 is 0 Å². The van der Waals surface area contributed by atoms with Gasteiger partial charge in [-0.1, -0.05) is 121 Å². The maximum Gasteiger partial charge on any atom is 0.108 e. The van der Waals surface area contributed by atoms with E-state index in [1.807, 2.05) is 0 Å². The second-order valence-electron chi connectivity index (χ2n) is 6.51. The van der Waals surface area contributed by atoms with Crippen LogP contribution in [0.5, 0.6) is 0 Å². The molecule has 4 rings (SSSR count). The minimum atomic E-state index is -1.22. The van der Waals surface area contributed by atoms with E-state index >= 15 is 0 Å². The van der Waals surface area contributed by atoms with E-state index in [-0.39, 0.29) is 29.6 Å². The van der Waals surface area contributed by atoms with Crippen molar-refractivity contribution in [1.82, 2.24) is 0 Å². The second kappa shape index (κ2) is 8.55. The zero-order valence-electron chi connectivity index (χ0n) is 14.1. The Morgan fingerprint density at radius 1 is 0.308 bits per heavy atom. The van der Waals surface area contributed by atoms with E-state index in [9.17, 15) is 0 Å².